The lowest BCUT2D eigenvalue weighted by Crippen LogP contribution is -2.50. The van der Waals surface area contributed by atoms with Crippen molar-refractivity contribution in [2.24, 2.45) is 5.73 Å². The number of halogens is 3. The zero-order valence-electron chi connectivity index (χ0n) is 9.96. The van der Waals surface area contributed by atoms with Gasteiger partial charge in [-0.05, 0) is 25.5 Å². The first-order valence-corrected chi connectivity index (χ1v) is 5.50. The van der Waals surface area contributed by atoms with Crippen LogP contribution in [0.3, 0.4) is 0 Å². The fraction of sp³-hybridized carbons (Fsp3) is 0.500. The highest BCUT2D eigenvalue weighted by Crippen LogP contribution is 2.29. The van der Waals surface area contributed by atoms with Crippen molar-refractivity contribution in [2.45, 2.75) is 26.1 Å². The number of hydrogen-bond donors (Lipinski definition) is 1. The van der Waals surface area contributed by atoms with Crippen LogP contribution in [-0.4, -0.2) is 25.3 Å². The Hall–Kier alpha value is -1.23. The second-order valence-corrected chi connectivity index (χ2v) is 3.87. The molecular formula is C12H17F3N2. The smallest absolute Gasteiger partial charge is 0.359 e. The van der Waals surface area contributed by atoms with E-state index >= 15 is 0 Å². The lowest BCUT2D eigenvalue weighted by molar-refractivity contribution is -0.146. The molecule has 0 saturated carbocycles. The summed E-state index contributed by atoms with van der Waals surface area (Å²) in [6, 6.07) is 5.38. The second kappa shape index (κ2) is 5.40. The van der Waals surface area contributed by atoms with E-state index in [1.165, 1.54) is 4.90 Å². The van der Waals surface area contributed by atoms with E-state index < -0.39 is 18.8 Å². The summed E-state index contributed by atoms with van der Waals surface area (Å²) in [5, 5.41) is 0. The molecule has 1 aromatic carbocycles. The van der Waals surface area contributed by atoms with Gasteiger partial charge in [0, 0.05) is 18.8 Å². The standard InChI is InChI=1S/C12H17F3N2/c1-3-17(11(8-16)12(13,14)15)10-7-5-4-6-9(10)2/h4-7,11H,3,8,16H2,1-2H3. The maximum Gasteiger partial charge on any atom is 0.409 e. The van der Waals surface area contributed by atoms with Crippen LogP contribution < -0.4 is 10.6 Å². The Morgan fingerprint density at radius 2 is 1.88 bits per heavy atom. The third-order valence-electron chi connectivity index (χ3n) is 2.74. The first kappa shape index (κ1) is 13.8. The predicted octanol–water partition coefficient (Wildman–Crippen LogP) is 2.71. The summed E-state index contributed by atoms with van der Waals surface area (Å²) < 4.78 is 38.6. The van der Waals surface area contributed by atoms with Crippen molar-refractivity contribution in [3.63, 3.8) is 0 Å². The van der Waals surface area contributed by atoms with Crippen molar-refractivity contribution in [3.05, 3.63) is 29.8 Å². The minimum absolute atomic E-state index is 0.270. The molecule has 1 atom stereocenters. The van der Waals surface area contributed by atoms with Gasteiger partial charge in [-0.1, -0.05) is 18.2 Å². The number of hydrogen-bond acceptors (Lipinski definition) is 2. The molecule has 17 heavy (non-hydrogen) atoms. The van der Waals surface area contributed by atoms with Crippen LogP contribution in [0.15, 0.2) is 24.3 Å². The van der Waals surface area contributed by atoms with Crippen LogP contribution in [0, 0.1) is 6.92 Å². The SMILES string of the molecule is CCN(c1ccccc1C)C(CN)C(F)(F)F. The highest BCUT2D eigenvalue weighted by atomic mass is 19.4. The molecule has 0 amide bonds. The first-order chi connectivity index (χ1) is 7.91. The Morgan fingerprint density at radius 1 is 1.29 bits per heavy atom. The molecule has 0 heterocycles. The zero-order valence-corrected chi connectivity index (χ0v) is 9.96. The van der Waals surface area contributed by atoms with Crippen LogP contribution in [0.25, 0.3) is 0 Å². The topological polar surface area (TPSA) is 29.3 Å². The molecule has 1 rings (SSSR count). The van der Waals surface area contributed by atoms with E-state index in [9.17, 15) is 13.2 Å². The Labute approximate surface area is 99.2 Å². The lowest BCUT2D eigenvalue weighted by atomic mass is 10.1. The van der Waals surface area contributed by atoms with Gasteiger partial charge < -0.3 is 10.6 Å². The van der Waals surface area contributed by atoms with Gasteiger partial charge in [0.25, 0.3) is 0 Å². The summed E-state index contributed by atoms with van der Waals surface area (Å²) in [6.45, 7) is 3.32. The highest BCUT2D eigenvalue weighted by molar-refractivity contribution is 5.54. The van der Waals surface area contributed by atoms with Crippen molar-refractivity contribution in [1.29, 1.82) is 0 Å². The molecule has 0 bridgehead atoms. The van der Waals surface area contributed by atoms with Crippen molar-refractivity contribution >= 4 is 5.69 Å². The Kier molecular flexibility index (Phi) is 4.40. The second-order valence-electron chi connectivity index (χ2n) is 3.87. The molecular weight excluding hydrogens is 229 g/mol. The van der Waals surface area contributed by atoms with Crippen molar-refractivity contribution in [1.82, 2.24) is 0 Å². The van der Waals surface area contributed by atoms with Gasteiger partial charge in [-0.25, -0.2) is 0 Å². The Balaban J connectivity index is 3.10. The molecule has 0 aromatic heterocycles. The van der Waals surface area contributed by atoms with E-state index in [2.05, 4.69) is 0 Å². The van der Waals surface area contributed by atoms with Gasteiger partial charge in [-0.2, -0.15) is 13.2 Å². The first-order valence-electron chi connectivity index (χ1n) is 5.50. The summed E-state index contributed by atoms with van der Waals surface area (Å²) in [6.07, 6.45) is -4.31. The van der Waals surface area contributed by atoms with Crippen LogP contribution in [0.2, 0.25) is 0 Å². The third kappa shape index (κ3) is 3.12. The van der Waals surface area contributed by atoms with Gasteiger partial charge in [0.1, 0.15) is 6.04 Å². The number of rotatable bonds is 4. The number of benzene rings is 1. The fourth-order valence-corrected chi connectivity index (χ4v) is 1.88. The number of nitrogens with two attached hydrogens (primary N) is 1. The molecule has 2 N–H and O–H groups in total. The van der Waals surface area contributed by atoms with Gasteiger partial charge in [0.2, 0.25) is 0 Å². The zero-order chi connectivity index (χ0) is 13.1. The number of alkyl halides is 3. The molecule has 0 aliphatic carbocycles. The summed E-state index contributed by atoms with van der Waals surface area (Å²) in [4.78, 5) is 1.30. The van der Waals surface area contributed by atoms with E-state index in [1.807, 2.05) is 0 Å². The van der Waals surface area contributed by atoms with Crippen LogP contribution in [0.5, 0.6) is 0 Å². The van der Waals surface area contributed by atoms with Gasteiger partial charge in [0.15, 0.2) is 0 Å². The summed E-state index contributed by atoms with van der Waals surface area (Å²) >= 11 is 0. The number of para-hydroxylation sites is 1. The van der Waals surface area contributed by atoms with Gasteiger partial charge >= 0.3 is 6.18 Å². The van der Waals surface area contributed by atoms with Gasteiger partial charge in [-0.15, -0.1) is 0 Å². The maximum atomic E-state index is 12.9. The van der Waals surface area contributed by atoms with Crippen LogP contribution in [0.1, 0.15) is 12.5 Å². The molecule has 96 valence electrons. The van der Waals surface area contributed by atoms with Crippen LogP contribution >= 0.6 is 0 Å². The van der Waals surface area contributed by atoms with Crippen LogP contribution in [0.4, 0.5) is 18.9 Å². The number of anilines is 1. The minimum Gasteiger partial charge on any atom is -0.359 e. The number of aryl methyl sites for hydroxylation is 1. The molecule has 0 spiro atoms. The van der Waals surface area contributed by atoms with E-state index in [0.29, 0.717) is 5.69 Å². The quantitative estimate of drug-likeness (QED) is 0.885. The van der Waals surface area contributed by atoms with E-state index in [-0.39, 0.29) is 6.54 Å². The molecule has 0 aliphatic rings. The van der Waals surface area contributed by atoms with Crippen molar-refractivity contribution in [3.8, 4) is 0 Å². The molecule has 5 heteroatoms. The molecule has 1 unspecified atom stereocenters. The summed E-state index contributed by atoms with van der Waals surface area (Å²) in [5.41, 5.74) is 6.66. The fourth-order valence-electron chi connectivity index (χ4n) is 1.88. The molecule has 0 fully saturated rings. The van der Waals surface area contributed by atoms with Gasteiger partial charge in [-0.3, -0.25) is 0 Å². The Bertz CT molecular complexity index is 363. The van der Waals surface area contributed by atoms with Gasteiger partial charge in [0.05, 0.1) is 0 Å². The lowest BCUT2D eigenvalue weighted by Gasteiger charge is -2.34. The van der Waals surface area contributed by atoms with Crippen LogP contribution in [-0.2, 0) is 0 Å². The molecule has 0 saturated heterocycles. The third-order valence-corrected chi connectivity index (χ3v) is 2.74. The largest absolute Gasteiger partial charge is 0.409 e. The van der Waals surface area contributed by atoms with Crippen molar-refractivity contribution in [2.75, 3.05) is 18.0 Å². The normalized spacial score (nSPS) is 13.5. The number of likely N-dealkylation sites (N-methyl/N-ethyl adjacent to an activating group) is 1. The maximum absolute atomic E-state index is 12.9. The average Bonchev–Trinajstić information content (AvgIpc) is 2.25. The number of nitrogens with zero attached hydrogens (tertiary/aromatic N) is 1. The van der Waals surface area contributed by atoms with E-state index in [4.69, 9.17) is 5.73 Å². The minimum atomic E-state index is -4.31. The van der Waals surface area contributed by atoms with E-state index in [0.717, 1.165) is 5.56 Å². The molecule has 1 aromatic rings. The highest BCUT2D eigenvalue weighted by Gasteiger charge is 2.42. The van der Waals surface area contributed by atoms with Crippen molar-refractivity contribution < 1.29 is 13.2 Å². The average molecular weight is 246 g/mol. The Morgan fingerprint density at radius 3 is 2.29 bits per heavy atom. The monoisotopic (exact) mass is 246 g/mol. The summed E-state index contributed by atoms with van der Waals surface area (Å²) in [5.74, 6) is 0. The molecule has 0 radical (unpaired) electrons. The predicted molar refractivity (Wildman–Crippen MR) is 63.1 cm³/mol. The van der Waals surface area contributed by atoms with E-state index in [1.54, 1.807) is 38.1 Å². The summed E-state index contributed by atoms with van der Waals surface area (Å²) in [7, 11) is 0. The molecule has 2 nitrogen and oxygen atoms in total. The molecule has 0 aliphatic heterocycles.